The number of nitrogens with one attached hydrogen (secondary N) is 1. The number of hydrogen-bond acceptors (Lipinski definition) is 5. The molecule has 0 bridgehead atoms. The Balaban J connectivity index is 1.76. The van der Waals surface area contributed by atoms with E-state index in [9.17, 15) is 4.79 Å². The van der Waals surface area contributed by atoms with Gasteiger partial charge in [-0.25, -0.2) is 4.98 Å². The number of pyridine rings is 1. The van der Waals surface area contributed by atoms with Gasteiger partial charge in [-0.3, -0.25) is 4.79 Å². The molecule has 3 rings (SSSR count). The van der Waals surface area contributed by atoms with Crippen molar-refractivity contribution in [3.63, 3.8) is 0 Å². The highest BCUT2D eigenvalue weighted by atomic mass is 35.5. The van der Waals surface area contributed by atoms with E-state index in [-0.39, 0.29) is 5.91 Å². The van der Waals surface area contributed by atoms with Crippen LogP contribution in [0.5, 0.6) is 11.5 Å². The molecule has 0 spiro atoms. The molecule has 0 radical (unpaired) electrons. The van der Waals surface area contributed by atoms with E-state index >= 15 is 0 Å². The lowest BCUT2D eigenvalue weighted by Crippen LogP contribution is -2.31. The number of anilines is 1. The summed E-state index contributed by atoms with van der Waals surface area (Å²) in [7, 11) is 1.58. The van der Waals surface area contributed by atoms with Gasteiger partial charge in [0.05, 0.1) is 22.8 Å². The van der Waals surface area contributed by atoms with Crippen molar-refractivity contribution < 1.29 is 14.3 Å². The van der Waals surface area contributed by atoms with Gasteiger partial charge >= 0.3 is 0 Å². The largest absolute Gasteiger partial charge is 0.497 e. The SMILES string of the molecule is COc1ccc(OC(C)C(=O)Nc2cc(C)nn2-c2ncc(Cl)cc2Cl)cc1. The highest BCUT2D eigenvalue weighted by Crippen LogP contribution is 2.25. The van der Waals surface area contributed by atoms with Crippen LogP contribution in [0.4, 0.5) is 5.82 Å². The van der Waals surface area contributed by atoms with Crippen LogP contribution in [0.1, 0.15) is 12.6 Å². The summed E-state index contributed by atoms with van der Waals surface area (Å²) in [5, 5.41) is 7.86. The fourth-order valence-corrected chi connectivity index (χ4v) is 2.91. The predicted octanol–water partition coefficient (Wildman–Crippen LogP) is 4.30. The molecule has 28 heavy (non-hydrogen) atoms. The summed E-state index contributed by atoms with van der Waals surface area (Å²) >= 11 is 12.1. The van der Waals surface area contributed by atoms with Crippen molar-refractivity contribution >= 4 is 34.9 Å². The highest BCUT2D eigenvalue weighted by Gasteiger charge is 2.19. The monoisotopic (exact) mass is 420 g/mol. The first-order valence-electron chi connectivity index (χ1n) is 8.37. The molecular weight excluding hydrogens is 403 g/mol. The molecule has 0 saturated heterocycles. The second-order valence-electron chi connectivity index (χ2n) is 5.97. The topological polar surface area (TPSA) is 78.3 Å². The van der Waals surface area contributed by atoms with Crippen molar-refractivity contribution in [2.45, 2.75) is 20.0 Å². The number of ether oxygens (including phenoxy) is 2. The lowest BCUT2D eigenvalue weighted by Gasteiger charge is -2.15. The summed E-state index contributed by atoms with van der Waals surface area (Å²) in [4.78, 5) is 16.8. The van der Waals surface area contributed by atoms with Gasteiger partial charge in [-0.05, 0) is 44.2 Å². The number of hydrogen-bond donors (Lipinski definition) is 1. The molecule has 1 atom stereocenters. The quantitative estimate of drug-likeness (QED) is 0.642. The van der Waals surface area contributed by atoms with Gasteiger partial charge in [0.25, 0.3) is 5.91 Å². The fraction of sp³-hybridized carbons (Fsp3) is 0.211. The molecule has 0 saturated carbocycles. The maximum absolute atomic E-state index is 12.6. The van der Waals surface area contributed by atoms with E-state index in [2.05, 4.69) is 15.4 Å². The van der Waals surface area contributed by atoms with Gasteiger partial charge in [0.2, 0.25) is 0 Å². The summed E-state index contributed by atoms with van der Waals surface area (Å²) < 4.78 is 12.2. The van der Waals surface area contributed by atoms with Gasteiger partial charge < -0.3 is 14.8 Å². The van der Waals surface area contributed by atoms with E-state index in [1.54, 1.807) is 57.4 Å². The van der Waals surface area contributed by atoms with Crippen molar-refractivity contribution in [1.29, 1.82) is 0 Å². The van der Waals surface area contributed by atoms with E-state index in [4.69, 9.17) is 32.7 Å². The van der Waals surface area contributed by atoms with Gasteiger partial charge in [0, 0.05) is 12.3 Å². The second kappa shape index (κ2) is 8.50. The Morgan fingerprint density at radius 2 is 1.86 bits per heavy atom. The average Bonchev–Trinajstić information content (AvgIpc) is 3.02. The summed E-state index contributed by atoms with van der Waals surface area (Å²) in [5.74, 6) is 1.69. The van der Waals surface area contributed by atoms with E-state index in [1.165, 1.54) is 10.9 Å². The molecule has 0 aliphatic heterocycles. The van der Waals surface area contributed by atoms with E-state index in [0.29, 0.717) is 38.9 Å². The number of carbonyl (C=O) groups is 1. The molecule has 7 nitrogen and oxygen atoms in total. The van der Waals surface area contributed by atoms with Crippen LogP contribution in [0.15, 0.2) is 42.6 Å². The number of nitrogens with zero attached hydrogens (tertiary/aromatic N) is 3. The Labute approximate surface area is 172 Å². The van der Waals surface area contributed by atoms with Gasteiger partial charge in [-0.2, -0.15) is 9.78 Å². The molecule has 1 aromatic carbocycles. The smallest absolute Gasteiger partial charge is 0.266 e. The third-order valence-corrected chi connectivity index (χ3v) is 4.30. The van der Waals surface area contributed by atoms with Crippen molar-refractivity contribution in [2.75, 3.05) is 12.4 Å². The van der Waals surface area contributed by atoms with Gasteiger partial charge in [-0.15, -0.1) is 0 Å². The van der Waals surface area contributed by atoms with Crippen LogP contribution in [0.3, 0.4) is 0 Å². The van der Waals surface area contributed by atoms with Crippen molar-refractivity contribution in [3.05, 3.63) is 58.3 Å². The summed E-state index contributed by atoms with van der Waals surface area (Å²) in [5.41, 5.74) is 0.687. The van der Waals surface area contributed by atoms with Crippen LogP contribution in [-0.2, 0) is 4.79 Å². The third kappa shape index (κ3) is 4.55. The van der Waals surface area contributed by atoms with Crippen molar-refractivity contribution in [2.24, 2.45) is 0 Å². The molecule has 1 amide bonds. The first kappa shape index (κ1) is 20.0. The van der Waals surface area contributed by atoms with Gasteiger partial charge in [0.15, 0.2) is 11.9 Å². The first-order chi connectivity index (χ1) is 13.4. The van der Waals surface area contributed by atoms with Crippen LogP contribution < -0.4 is 14.8 Å². The van der Waals surface area contributed by atoms with Crippen LogP contribution in [-0.4, -0.2) is 33.9 Å². The number of aryl methyl sites for hydroxylation is 1. The number of halogens is 2. The minimum absolute atomic E-state index is 0.314. The molecule has 1 N–H and O–H groups in total. The number of amides is 1. The van der Waals surface area contributed by atoms with Crippen LogP contribution in [0, 0.1) is 6.92 Å². The third-order valence-electron chi connectivity index (χ3n) is 3.81. The first-order valence-corrected chi connectivity index (χ1v) is 9.12. The molecule has 146 valence electrons. The van der Waals surface area contributed by atoms with Crippen molar-refractivity contribution in [1.82, 2.24) is 14.8 Å². The molecular formula is C19H18Cl2N4O3. The van der Waals surface area contributed by atoms with E-state index < -0.39 is 6.10 Å². The van der Waals surface area contributed by atoms with Crippen molar-refractivity contribution in [3.8, 4) is 17.3 Å². The van der Waals surface area contributed by atoms with E-state index in [0.717, 1.165) is 0 Å². The maximum Gasteiger partial charge on any atom is 0.266 e. The van der Waals surface area contributed by atoms with Crippen LogP contribution in [0.25, 0.3) is 5.82 Å². The highest BCUT2D eigenvalue weighted by molar-refractivity contribution is 6.35. The number of benzene rings is 1. The lowest BCUT2D eigenvalue weighted by molar-refractivity contribution is -0.122. The minimum atomic E-state index is -0.745. The molecule has 0 aliphatic carbocycles. The lowest BCUT2D eigenvalue weighted by atomic mass is 10.3. The maximum atomic E-state index is 12.6. The second-order valence-corrected chi connectivity index (χ2v) is 6.81. The zero-order valence-corrected chi connectivity index (χ0v) is 17.0. The summed E-state index contributed by atoms with van der Waals surface area (Å²) in [6.45, 7) is 3.45. The molecule has 3 aromatic rings. The average molecular weight is 421 g/mol. The summed E-state index contributed by atoms with van der Waals surface area (Å²) in [6, 6.07) is 10.2. The summed E-state index contributed by atoms with van der Waals surface area (Å²) in [6.07, 6.45) is 0.714. The molecule has 0 fully saturated rings. The number of methoxy groups -OCH3 is 1. The zero-order valence-electron chi connectivity index (χ0n) is 15.4. The van der Waals surface area contributed by atoms with Crippen LogP contribution in [0.2, 0.25) is 10.0 Å². The Hall–Kier alpha value is -2.77. The molecule has 9 heteroatoms. The number of rotatable bonds is 6. The standard InChI is InChI=1S/C19H18Cl2N4O3/c1-11-8-17(25(24-11)18-16(21)9-13(20)10-22-18)23-19(26)12(2)28-15-6-4-14(27-3)5-7-15/h4-10,12H,1-3H3,(H,23,26). The predicted molar refractivity (Wildman–Crippen MR) is 108 cm³/mol. The Bertz CT molecular complexity index is 989. The molecule has 1 unspecified atom stereocenters. The zero-order chi connectivity index (χ0) is 20.3. The molecule has 2 heterocycles. The Kier molecular flexibility index (Phi) is 6.06. The fourth-order valence-electron chi connectivity index (χ4n) is 2.45. The van der Waals surface area contributed by atoms with Crippen LogP contribution >= 0.6 is 23.2 Å². The molecule has 0 aliphatic rings. The van der Waals surface area contributed by atoms with Gasteiger partial charge in [-0.1, -0.05) is 23.2 Å². The van der Waals surface area contributed by atoms with Gasteiger partial charge in [0.1, 0.15) is 17.3 Å². The Morgan fingerprint density at radius 1 is 1.18 bits per heavy atom. The normalized spacial score (nSPS) is 11.8. The number of carbonyl (C=O) groups excluding carboxylic acids is 1. The Morgan fingerprint density at radius 3 is 2.50 bits per heavy atom. The number of aromatic nitrogens is 3. The molecule has 2 aromatic heterocycles. The van der Waals surface area contributed by atoms with E-state index in [1.807, 2.05) is 0 Å². The minimum Gasteiger partial charge on any atom is -0.497 e.